The number of pyridine rings is 2. The number of aromatic amines is 1. The van der Waals surface area contributed by atoms with Gasteiger partial charge in [0.05, 0.1) is 31.0 Å². The molecule has 5 rings (SSSR count). The molecule has 1 amide bonds. The highest BCUT2D eigenvalue weighted by Crippen LogP contribution is 2.40. The molecule has 0 bridgehead atoms. The number of methoxy groups -OCH3 is 1. The molecule has 1 aliphatic carbocycles. The number of piperidine rings is 1. The van der Waals surface area contributed by atoms with E-state index in [0.717, 1.165) is 68.2 Å². The van der Waals surface area contributed by atoms with E-state index >= 15 is 0 Å². The Morgan fingerprint density at radius 3 is 2.88 bits per heavy atom. The van der Waals surface area contributed by atoms with Gasteiger partial charge in [-0.25, -0.2) is 9.97 Å². The van der Waals surface area contributed by atoms with E-state index in [-0.39, 0.29) is 6.10 Å². The van der Waals surface area contributed by atoms with Crippen LogP contribution in [0.2, 0.25) is 0 Å². The minimum absolute atomic E-state index is 0.147. The lowest BCUT2D eigenvalue weighted by atomic mass is 9.76. The van der Waals surface area contributed by atoms with Crippen molar-refractivity contribution in [2.24, 2.45) is 5.92 Å². The van der Waals surface area contributed by atoms with Crippen LogP contribution < -0.4 is 0 Å². The largest absolute Gasteiger partial charge is 0.382 e. The van der Waals surface area contributed by atoms with E-state index in [4.69, 9.17) is 9.47 Å². The van der Waals surface area contributed by atoms with Crippen molar-refractivity contribution < 1.29 is 14.3 Å². The molecule has 33 heavy (non-hydrogen) atoms. The second kappa shape index (κ2) is 10.2. The molecule has 1 saturated heterocycles. The monoisotopic (exact) mass is 450 g/mol. The molecular formula is C26H34N4O3. The molecule has 7 heteroatoms. The van der Waals surface area contributed by atoms with Crippen LogP contribution in [0, 0.1) is 5.92 Å². The molecule has 0 radical (unpaired) electrons. The van der Waals surface area contributed by atoms with Crippen molar-refractivity contribution in [1.82, 2.24) is 19.9 Å². The number of amides is 1. The quantitative estimate of drug-likeness (QED) is 0.539. The van der Waals surface area contributed by atoms with E-state index in [0.29, 0.717) is 37.4 Å². The van der Waals surface area contributed by atoms with Crippen LogP contribution in [0.3, 0.4) is 0 Å². The number of hydrogen-bond donors (Lipinski definition) is 1. The number of H-pyrrole nitrogens is 1. The SMILES string of the molecule is COCCOC1CCCN(C(=O)CC2CCC(c3cc[nH]c4cnc5nccc5c34)CC2)C1. The minimum Gasteiger partial charge on any atom is -0.382 e. The number of rotatable bonds is 7. The fourth-order valence-corrected chi connectivity index (χ4v) is 5.68. The number of nitrogens with one attached hydrogen (secondary N) is 1. The van der Waals surface area contributed by atoms with Crippen molar-refractivity contribution in [3.8, 4) is 0 Å². The molecule has 3 aromatic rings. The van der Waals surface area contributed by atoms with Crippen LogP contribution in [0.15, 0.2) is 30.7 Å². The molecule has 4 heterocycles. The average molecular weight is 451 g/mol. The molecule has 176 valence electrons. The normalized spacial score (nSPS) is 23.9. The summed E-state index contributed by atoms with van der Waals surface area (Å²) in [6.45, 7) is 2.79. The first kappa shape index (κ1) is 22.3. The molecule has 1 saturated carbocycles. The fourth-order valence-electron chi connectivity index (χ4n) is 5.68. The summed E-state index contributed by atoms with van der Waals surface area (Å²) in [5, 5.41) is 2.39. The van der Waals surface area contributed by atoms with Gasteiger partial charge in [-0.15, -0.1) is 0 Å². The van der Waals surface area contributed by atoms with Gasteiger partial charge in [0.1, 0.15) is 0 Å². The Morgan fingerprint density at radius 1 is 1.15 bits per heavy atom. The standard InChI is InChI=1S/C26H34N4O3/c1-32-13-14-33-20-3-2-12-30(17-20)24(31)15-18-4-6-19(7-5-18)21-8-10-27-23-16-29-26-22(25(21)23)9-11-28-26/h8-11,16,18-20,27H,2-7,12-15,17H2,1H3. The van der Waals surface area contributed by atoms with Crippen molar-refractivity contribution in [3.63, 3.8) is 0 Å². The highest BCUT2D eigenvalue weighted by Gasteiger charge is 2.29. The number of likely N-dealkylation sites (tertiary alicyclic amines) is 1. The van der Waals surface area contributed by atoms with Gasteiger partial charge in [-0.1, -0.05) is 0 Å². The number of nitrogens with zero attached hydrogens (tertiary/aromatic N) is 3. The Hall–Kier alpha value is -2.51. The van der Waals surface area contributed by atoms with Gasteiger partial charge in [-0.3, -0.25) is 4.79 Å². The lowest BCUT2D eigenvalue weighted by Gasteiger charge is -2.35. The minimum atomic E-state index is 0.147. The zero-order valence-corrected chi connectivity index (χ0v) is 19.5. The van der Waals surface area contributed by atoms with Crippen molar-refractivity contribution in [1.29, 1.82) is 0 Å². The predicted octanol–water partition coefficient (Wildman–Crippen LogP) is 4.43. The van der Waals surface area contributed by atoms with Crippen LogP contribution in [0.4, 0.5) is 0 Å². The molecule has 1 aliphatic heterocycles. The Balaban J connectivity index is 1.19. The van der Waals surface area contributed by atoms with Gasteiger partial charge in [0.15, 0.2) is 5.65 Å². The van der Waals surface area contributed by atoms with Gasteiger partial charge in [0.25, 0.3) is 0 Å². The molecule has 7 nitrogen and oxygen atoms in total. The summed E-state index contributed by atoms with van der Waals surface area (Å²) in [5.41, 5.74) is 3.27. The third kappa shape index (κ3) is 4.89. The van der Waals surface area contributed by atoms with E-state index in [2.05, 4.69) is 27.1 Å². The van der Waals surface area contributed by atoms with Crippen LogP contribution in [-0.2, 0) is 14.3 Å². The molecule has 2 aliphatic rings. The molecule has 0 aromatic carbocycles. The van der Waals surface area contributed by atoms with E-state index in [1.54, 1.807) is 7.11 Å². The Kier molecular flexibility index (Phi) is 6.88. The zero-order chi connectivity index (χ0) is 22.6. The molecule has 2 fully saturated rings. The Morgan fingerprint density at radius 2 is 2.03 bits per heavy atom. The third-order valence-electron chi connectivity index (χ3n) is 7.45. The summed E-state index contributed by atoms with van der Waals surface area (Å²) in [6, 6.07) is 4.29. The van der Waals surface area contributed by atoms with Gasteiger partial charge in [0.2, 0.25) is 5.91 Å². The second-order valence-electron chi connectivity index (χ2n) is 9.55. The highest BCUT2D eigenvalue weighted by atomic mass is 16.5. The molecule has 1 atom stereocenters. The Bertz CT molecular complexity index is 1090. The molecule has 0 spiro atoms. The van der Waals surface area contributed by atoms with Crippen molar-refractivity contribution >= 4 is 27.8 Å². The molecule has 3 aromatic heterocycles. The maximum Gasteiger partial charge on any atom is 0.222 e. The summed E-state index contributed by atoms with van der Waals surface area (Å²) < 4.78 is 11.0. The second-order valence-corrected chi connectivity index (χ2v) is 9.55. The van der Waals surface area contributed by atoms with Crippen molar-refractivity contribution in [2.45, 2.75) is 57.0 Å². The molecular weight excluding hydrogens is 416 g/mol. The Labute approximate surface area is 194 Å². The lowest BCUT2D eigenvalue weighted by Crippen LogP contribution is -2.44. The van der Waals surface area contributed by atoms with E-state index in [1.807, 2.05) is 23.5 Å². The van der Waals surface area contributed by atoms with Crippen molar-refractivity contribution in [3.05, 3.63) is 36.3 Å². The maximum absolute atomic E-state index is 13.0. The van der Waals surface area contributed by atoms with Crippen LogP contribution in [0.5, 0.6) is 0 Å². The molecule has 1 N–H and O–H groups in total. The first-order valence-corrected chi connectivity index (χ1v) is 12.3. The van der Waals surface area contributed by atoms with E-state index in [1.165, 1.54) is 10.9 Å². The topological polar surface area (TPSA) is 80.3 Å². The van der Waals surface area contributed by atoms with Gasteiger partial charge in [-0.05, 0) is 68.1 Å². The number of hydrogen-bond acceptors (Lipinski definition) is 5. The highest BCUT2D eigenvalue weighted by molar-refractivity contribution is 6.05. The average Bonchev–Trinajstić information content (AvgIpc) is 3.34. The molecule has 1 unspecified atom stereocenters. The summed E-state index contributed by atoms with van der Waals surface area (Å²) in [5.74, 6) is 1.30. The van der Waals surface area contributed by atoms with Crippen molar-refractivity contribution in [2.75, 3.05) is 33.4 Å². The maximum atomic E-state index is 13.0. The lowest BCUT2D eigenvalue weighted by molar-refractivity contribution is -0.136. The van der Waals surface area contributed by atoms with Gasteiger partial charge < -0.3 is 19.4 Å². The number of fused-ring (bicyclic) bond motifs is 3. The van der Waals surface area contributed by atoms with Gasteiger partial charge in [0, 0.05) is 49.8 Å². The number of carbonyl (C=O) groups is 1. The zero-order valence-electron chi connectivity index (χ0n) is 19.5. The van der Waals surface area contributed by atoms with Crippen LogP contribution in [0.1, 0.15) is 56.4 Å². The van der Waals surface area contributed by atoms with Crippen LogP contribution >= 0.6 is 0 Å². The first-order valence-electron chi connectivity index (χ1n) is 12.3. The van der Waals surface area contributed by atoms with E-state index in [9.17, 15) is 4.79 Å². The number of ether oxygens (including phenoxy) is 2. The summed E-state index contributed by atoms with van der Waals surface area (Å²) in [7, 11) is 1.68. The summed E-state index contributed by atoms with van der Waals surface area (Å²) in [4.78, 5) is 27.2. The first-order chi connectivity index (χ1) is 16.2. The third-order valence-corrected chi connectivity index (χ3v) is 7.45. The van der Waals surface area contributed by atoms with E-state index < -0.39 is 0 Å². The summed E-state index contributed by atoms with van der Waals surface area (Å²) >= 11 is 0. The van der Waals surface area contributed by atoms with Crippen LogP contribution in [-0.4, -0.2) is 65.3 Å². The smallest absolute Gasteiger partial charge is 0.222 e. The van der Waals surface area contributed by atoms with Gasteiger partial charge >= 0.3 is 0 Å². The number of aromatic nitrogens is 3. The fraction of sp³-hybridized carbons (Fsp3) is 0.577. The van der Waals surface area contributed by atoms with Crippen LogP contribution in [0.25, 0.3) is 21.9 Å². The van der Waals surface area contributed by atoms with Gasteiger partial charge in [-0.2, -0.15) is 0 Å². The number of carbonyl (C=O) groups excluding carboxylic acids is 1. The summed E-state index contributed by atoms with van der Waals surface area (Å²) in [6.07, 6.45) is 13.1. The predicted molar refractivity (Wildman–Crippen MR) is 128 cm³/mol.